The number of anilines is 1. The molecule has 1 amide bonds. The first kappa shape index (κ1) is 31.9. The van der Waals surface area contributed by atoms with Gasteiger partial charge >= 0.3 is 5.97 Å². The first-order valence-corrected chi connectivity index (χ1v) is 15.1. The Kier molecular flexibility index (Phi) is 9.96. The van der Waals surface area contributed by atoms with Gasteiger partial charge in [0.15, 0.2) is 6.04 Å². The van der Waals surface area contributed by atoms with E-state index in [1.807, 2.05) is 12.1 Å². The number of fused-ring (bicyclic) bond motifs is 1. The topological polar surface area (TPSA) is 124 Å². The molecule has 2 aliphatic rings. The number of aromatic nitrogens is 1. The van der Waals surface area contributed by atoms with Gasteiger partial charge in [-0.25, -0.2) is 18.2 Å². The fourth-order valence-electron chi connectivity index (χ4n) is 5.55. The summed E-state index contributed by atoms with van der Waals surface area (Å²) in [7, 11) is -1.12. The molecule has 226 valence electrons. The Morgan fingerprint density at radius 3 is 2.50 bits per heavy atom. The van der Waals surface area contributed by atoms with Crippen molar-refractivity contribution in [3.63, 3.8) is 0 Å². The number of hydrogen-bond acceptors (Lipinski definition) is 9. The molecule has 3 aromatic rings. The number of amides is 1. The number of pyridine rings is 1. The van der Waals surface area contributed by atoms with Gasteiger partial charge in [-0.1, -0.05) is 23.7 Å². The third kappa shape index (κ3) is 6.34. The maximum absolute atomic E-state index is 13.6. The molecular formula is C28H33Cl2N5O6S. The summed E-state index contributed by atoms with van der Waals surface area (Å²) in [4.78, 5) is 32.8. The molecule has 2 aromatic carbocycles. The number of aliphatic hydroxyl groups is 1. The number of benzene rings is 2. The van der Waals surface area contributed by atoms with Crippen LogP contribution in [-0.2, 0) is 31.0 Å². The van der Waals surface area contributed by atoms with Gasteiger partial charge in [-0.05, 0) is 60.0 Å². The number of ether oxygens (including phenoxy) is 1. The molecule has 1 unspecified atom stereocenters. The number of methoxy groups -OCH3 is 1. The molecule has 3 heterocycles. The SMILES string of the molecule is COC(=O)C1CN(S(=O)(=O)c2ccc3cc(Cl)ccc3c2)CC(=O)N1N(C)C1CCN(c2ccnc(CO)c2)CC1.Cl. The van der Waals surface area contributed by atoms with Crippen molar-refractivity contribution in [1.29, 1.82) is 0 Å². The number of rotatable bonds is 7. The van der Waals surface area contributed by atoms with Crippen molar-refractivity contribution in [1.82, 2.24) is 19.3 Å². The molecular weight excluding hydrogens is 605 g/mol. The van der Waals surface area contributed by atoms with Crippen LogP contribution < -0.4 is 4.90 Å². The predicted octanol–water partition coefficient (Wildman–Crippen LogP) is 2.69. The number of nitrogens with zero attached hydrogens (tertiary/aromatic N) is 5. The minimum Gasteiger partial charge on any atom is -0.467 e. The Hall–Kier alpha value is -3.00. The number of sulfonamides is 1. The van der Waals surface area contributed by atoms with Gasteiger partial charge in [0, 0.05) is 49.6 Å². The van der Waals surface area contributed by atoms with Crippen LogP contribution >= 0.6 is 24.0 Å². The smallest absolute Gasteiger partial charge is 0.331 e. The lowest BCUT2D eigenvalue weighted by atomic mass is 10.0. The van der Waals surface area contributed by atoms with Gasteiger partial charge < -0.3 is 14.7 Å². The lowest BCUT2D eigenvalue weighted by Crippen LogP contribution is -2.66. The highest BCUT2D eigenvalue weighted by atomic mass is 35.5. The molecule has 1 N–H and O–H groups in total. The summed E-state index contributed by atoms with van der Waals surface area (Å²) < 4.78 is 33.3. The fraction of sp³-hybridized carbons (Fsp3) is 0.393. The number of piperazine rings is 1. The standard InChI is InChI=1S/C28H32ClN5O6S.ClH/c1-31(23-8-11-32(12-9-23)24-7-10-30-22(15-24)18-35)34-26(28(37)40-2)16-33(17-27(34)36)41(38,39)25-6-4-19-13-21(29)5-3-20(19)14-25;/h3-7,10,13-15,23,26,35H,8-9,11-12,16-18H2,1-2H3;1H. The molecule has 0 spiro atoms. The quantitative estimate of drug-likeness (QED) is 0.389. The number of carbonyl (C=O) groups excluding carboxylic acids is 2. The summed E-state index contributed by atoms with van der Waals surface area (Å²) >= 11 is 6.06. The Bertz CT molecular complexity index is 1570. The Labute approximate surface area is 256 Å². The third-order valence-corrected chi connectivity index (χ3v) is 9.83. The number of hydrogen-bond donors (Lipinski definition) is 1. The Balaban J connectivity index is 0.00000405. The van der Waals surface area contributed by atoms with Crippen LogP contribution in [-0.4, -0.2) is 97.1 Å². The number of aliphatic hydroxyl groups excluding tert-OH is 1. The molecule has 1 atom stereocenters. The summed E-state index contributed by atoms with van der Waals surface area (Å²) in [5.41, 5.74) is 1.55. The van der Waals surface area contributed by atoms with Crippen LogP contribution in [0.3, 0.4) is 0 Å². The minimum absolute atomic E-state index is 0. The molecule has 0 aliphatic carbocycles. The number of esters is 1. The molecule has 0 saturated carbocycles. The summed E-state index contributed by atoms with van der Waals surface area (Å²) in [5.74, 6) is -1.20. The van der Waals surface area contributed by atoms with Crippen molar-refractivity contribution in [3.8, 4) is 0 Å². The van der Waals surface area contributed by atoms with Crippen LogP contribution in [0, 0.1) is 0 Å². The zero-order chi connectivity index (χ0) is 29.3. The van der Waals surface area contributed by atoms with E-state index in [4.69, 9.17) is 16.3 Å². The van der Waals surface area contributed by atoms with Crippen molar-refractivity contribution >= 4 is 62.4 Å². The highest BCUT2D eigenvalue weighted by Crippen LogP contribution is 2.29. The van der Waals surface area contributed by atoms with E-state index in [2.05, 4.69) is 9.88 Å². The van der Waals surface area contributed by atoms with E-state index in [1.54, 1.807) is 42.5 Å². The summed E-state index contributed by atoms with van der Waals surface area (Å²) in [6.07, 6.45) is 3.07. The van der Waals surface area contributed by atoms with Crippen molar-refractivity contribution in [3.05, 3.63) is 65.4 Å². The van der Waals surface area contributed by atoms with E-state index in [0.29, 0.717) is 42.0 Å². The fourth-order valence-corrected chi connectivity index (χ4v) is 7.16. The van der Waals surface area contributed by atoms with Crippen LogP contribution in [0.2, 0.25) is 5.02 Å². The van der Waals surface area contributed by atoms with E-state index in [-0.39, 0.29) is 36.5 Å². The van der Waals surface area contributed by atoms with Crippen molar-refractivity contribution in [2.75, 3.05) is 45.2 Å². The van der Waals surface area contributed by atoms with Crippen LogP contribution in [0.1, 0.15) is 18.5 Å². The first-order valence-electron chi connectivity index (χ1n) is 13.2. The van der Waals surface area contributed by atoms with Crippen LogP contribution in [0.15, 0.2) is 59.6 Å². The lowest BCUT2D eigenvalue weighted by Gasteiger charge is -2.47. The minimum atomic E-state index is -4.09. The zero-order valence-corrected chi connectivity index (χ0v) is 25.6. The normalized spacial score (nSPS) is 18.8. The third-order valence-electron chi connectivity index (χ3n) is 7.78. The molecule has 1 aromatic heterocycles. The summed E-state index contributed by atoms with van der Waals surface area (Å²) in [6, 6.07) is 12.4. The first-order chi connectivity index (χ1) is 19.6. The average molecular weight is 639 g/mol. The van der Waals surface area contributed by atoms with E-state index in [9.17, 15) is 23.1 Å². The van der Waals surface area contributed by atoms with Gasteiger partial charge in [-0.2, -0.15) is 4.31 Å². The van der Waals surface area contributed by atoms with E-state index >= 15 is 0 Å². The molecule has 2 fully saturated rings. The van der Waals surface area contributed by atoms with Gasteiger partial charge in [0.1, 0.15) is 0 Å². The number of hydrazine groups is 1. The highest BCUT2D eigenvalue weighted by molar-refractivity contribution is 7.89. The van der Waals surface area contributed by atoms with Crippen molar-refractivity contribution in [2.24, 2.45) is 0 Å². The van der Waals surface area contributed by atoms with E-state index in [0.717, 1.165) is 15.4 Å². The lowest BCUT2D eigenvalue weighted by molar-refractivity contribution is -0.178. The largest absolute Gasteiger partial charge is 0.467 e. The molecule has 0 radical (unpaired) electrons. The maximum atomic E-state index is 13.6. The highest BCUT2D eigenvalue weighted by Gasteiger charge is 2.45. The van der Waals surface area contributed by atoms with Gasteiger partial charge in [0.2, 0.25) is 10.0 Å². The second-order valence-electron chi connectivity index (χ2n) is 10.2. The number of piperidine rings is 1. The van der Waals surface area contributed by atoms with Crippen LogP contribution in [0.25, 0.3) is 10.8 Å². The maximum Gasteiger partial charge on any atom is 0.331 e. The van der Waals surface area contributed by atoms with Crippen molar-refractivity contribution in [2.45, 2.75) is 36.4 Å². The summed E-state index contributed by atoms with van der Waals surface area (Å²) in [6.45, 7) is 0.620. The molecule has 2 saturated heterocycles. The van der Waals surface area contributed by atoms with Gasteiger partial charge in [0.25, 0.3) is 5.91 Å². The molecule has 5 rings (SSSR count). The monoisotopic (exact) mass is 637 g/mol. The second kappa shape index (κ2) is 13.1. The van der Waals surface area contributed by atoms with E-state index < -0.39 is 34.5 Å². The average Bonchev–Trinajstić information content (AvgIpc) is 2.99. The number of carbonyl (C=O) groups is 2. The van der Waals surface area contributed by atoms with Crippen LogP contribution in [0.5, 0.6) is 0 Å². The molecule has 42 heavy (non-hydrogen) atoms. The molecule has 0 bridgehead atoms. The second-order valence-corrected chi connectivity index (χ2v) is 12.6. The van der Waals surface area contributed by atoms with Gasteiger partial charge in [-0.3, -0.25) is 14.8 Å². The summed E-state index contributed by atoms with van der Waals surface area (Å²) in [5, 5.41) is 14.5. The molecule has 11 nitrogen and oxygen atoms in total. The van der Waals surface area contributed by atoms with E-state index in [1.165, 1.54) is 24.3 Å². The zero-order valence-electron chi connectivity index (χ0n) is 23.2. The number of halogens is 2. The van der Waals surface area contributed by atoms with Gasteiger partial charge in [0.05, 0.1) is 30.9 Å². The van der Waals surface area contributed by atoms with Crippen molar-refractivity contribution < 1.29 is 27.9 Å². The Morgan fingerprint density at radius 2 is 1.81 bits per heavy atom. The Morgan fingerprint density at radius 1 is 1.12 bits per heavy atom. The molecule has 14 heteroatoms. The molecule has 2 aliphatic heterocycles. The predicted molar refractivity (Wildman–Crippen MR) is 161 cm³/mol. The van der Waals surface area contributed by atoms with Crippen LogP contribution in [0.4, 0.5) is 5.69 Å². The van der Waals surface area contributed by atoms with Gasteiger partial charge in [-0.15, -0.1) is 12.4 Å².